The first-order valence-corrected chi connectivity index (χ1v) is 11.3. The number of hydrogen-bond acceptors (Lipinski definition) is 4. The minimum absolute atomic E-state index is 0.163. The van der Waals surface area contributed by atoms with E-state index < -0.39 is 10.0 Å². The van der Waals surface area contributed by atoms with Crippen molar-refractivity contribution in [1.29, 1.82) is 0 Å². The van der Waals surface area contributed by atoms with Gasteiger partial charge in [-0.15, -0.1) is 0 Å². The van der Waals surface area contributed by atoms with E-state index in [2.05, 4.69) is 26.6 Å². The Morgan fingerprint density at radius 1 is 1.36 bits per heavy atom. The Morgan fingerprint density at radius 2 is 2.16 bits per heavy atom. The molecule has 1 fully saturated rings. The van der Waals surface area contributed by atoms with Crippen LogP contribution < -0.4 is 15.4 Å². The van der Waals surface area contributed by atoms with Gasteiger partial charge in [-0.25, -0.2) is 13.1 Å². The maximum Gasteiger partial charge on any atom is 0.240 e. The van der Waals surface area contributed by atoms with E-state index in [-0.39, 0.29) is 11.4 Å². The number of hydrogen-bond donors (Lipinski definition) is 3. The summed E-state index contributed by atoms with van der Waals surface area (Å²) in [5.41, 5.74) is 0. The number of nitrogens with one attached hydrogen (secondary N) is 3. The molecule has 0 spiro atoms. The molecule has 6 nitrogen and oxygen atoms in total. The number of benzene rings is 1. The zero-order valence-electron chi connectivity index (χ0n) is 14.5. The zero-order valence-corrected chi connectivity index (χ0v) is 16.8. The molecule has 1 saturated carbocycles. The standard InChI is InChI=1S/C16H25ClN4O2S2/c1-18-16(21-13-6-7-14(11-13)24-2)19-8-9-20-25(22,23)15-5-3-4-12(17)10-15/h3-5,10,13-14,20H,6-9,11H2,1-2H3,(H2,18,19,21). The topological polar surface area (TPSA) is 82.6 Å². The molecule has 1 aliphatic rings. The Kier molecular flexibility index (Phi) is 7.86. The average Bonchev–Trinajstić information content (AvgIpc) is 3.05. The zero-order chi connectivity index (χ0) is 18.3. The monoisotopic (exact) mass is 404 g/mol. The number of halogens is 1. The van der Waals surface area contributed by atoms with E-state index in [4.69, 9.17) is 11.6 Å². The van der Waals surface area contributed by atoms with Gasteiger partial charge < -0.3 is 10.6 Å². The summed E-state index contributed by atoms with van der Waals surface area (Å²) >= 11 is 7.75. The van der Waals surface area contributed by atoms with E-state index in [1.54, 1.807) is 19.2 Å². The third-order valence-electron chi connectivity index (χ3n) is 4.10. The molecule has 0 aliphatic heterocycles. The van der Waals surface area contributed by atoms with E-state index in [0.717, 1.165) is 12.8 Å². The third-order valence-corrected chi connectivity index (χ3v) is 6.89. The minimum atomic E-state index is -3.56. The Morgan fingerprint density at radius 3 is 2.80 bits per heavy atom. The summed E-state index contributed by atoms with van der Waals surface area (Å²) in [6.45, 7) is 0.700. The van der Waals surface area contributed by atoms with Crippen molar-refractivity contribution < 1.29 is 8.42 Å². The Hall–Kier alpha value is -0.960. The molecule has 3 N–H and O–H groups in total. The quantitative estimate of drug-likeness (QED) is 0.368. The summed E-state index contributed by atoms with van der Waals surface area (Å²) in [5.74, 6) is 0.703. The molecule has 2 atom stereocenters. The van der Waals surface area contributed by atoms with Crippen LogP contribution in [0.15, 0.2) is 34.2 Å². The van der Waals surface area contributed by atoms with Gasteiger partial charge in [0.1, 0.15) is 0 Å². The van der Waals surface area contributed by atoms with Gasteiger partial charge in [0.2, 0.25) is 10.0 Å². The van der Waals surface area contributed by atoms with Crippen LogP contribution in [0.1, 0.15) is 19.3 Å². The fraction of sp³-hybridized carbons (Fsp3) is 0.562. The molecule has 140 valence electrons. The van der Waals surface area contributed by atoms with Crippen molar-refractivity contribution >= 4 is 39.3 Å². The van der Waals surface area contributed by atoms with E-state index in [9.17, 15) is 8.42 Å². The lowest BCUT2D eigenvalue weighted by atomic mass is 10.2. The van der Waals surface area contributed by atoms with Gasteiger partial charge >= 0.3 is 0 Å². The highest BCUT2D eigenvalue weighted by atomic mass is 35.5. The largest absolute Gasteiger partial charge is 0.355 e. The highest BCUT2D eigenvalue weighted by Crippen LogP contribution is 2.27. The van der Waals surface area contributed by atoms with Crippen LogP contribution in [0.25, 0.3) is 0 Å². The fourth-order valence-electron chi connectivity index (χ4n) is 2.76. The Bertz CT molecular complexity index is 697. The van der Waals surface area contributed by atoms with Gasteiger partial charge in [0.15, 0.2) is 5.96 Å². The smallest absolute Gasteiger partial charge is 0.240 e. The molecule has 1 aromatic carbocycles. The van der Waals surface area contributed by atoms with E-state index in [1.807, 2.05) is 11.8 Å². The molecular formula is C16H25ClN4O2S2. The van der Waals surface area contributed by atoms with Crippen LogP contribution in [-0.4, -0.2) is 52.1 Å². The molecule has 0 heterocycles. The van der Waals surface area contributed by atoms with Crippen LogP contribution in [0.4, 0.5) is 0 Å². The van der Waals surface area contributed by atoms with E-state index in [1.165, 1.54) is 18.6 Å². The van der Waals surface area contributed by atoms with Gasteiger partial charge in [0.25, 0.3) is 0 Å². The Labute approximate surface area is 159 Å². The van der Waals surface area contributed by atoms with Crippen molar-refractivity contribution in [2.24, 2.45) is 4.99 Å². The summed E-state index contributed by atoms with van der Waals surface area (Å²) < 4.78 is 27.0. The number of aliphatic imine (C=N–C) groups is 1. The van der Waals surface area contributed by atoms with Crippen molar-refractivity contribution in [3.05, 3.63) is 29.3 Å². The molecule has 0 bridgehead atoms. The van der Waals surface area contributed by atoms with Crippen LogP contribution in [0.5, 0.6) is 0 Å². The molecule has 0 aromatic heterocycles. The molecular weight excluding hydrogens is 380 g/mol. The number of sulfonamides is 1. The van der Waals surface area contributed by atoms with Crippen molar-refractivity contribution in [2.45, 2.75) is 35.4 Å². The van der Waals surface area contributed by atoms with Gasteiger partial charge in [0.05, 0.1) is 4.90 Å². The lowest BCUT2D eigenvalue weighted by Crippen LogP contribution is -2.45. The van der Waals surface area contributed by atoms with Gasteiger partial charge in [0, 0.05) is 36.5 Å². The normalized spacial score (nSPS) is 21.3. The second-order valence-corrected chi connectivity index (χ2v) is 9.21. The lowest BCUT2D eigenvalue weighted by Gasteiger charge is -2.17. The first kappa shape index (κ1) is 20.4. The molecule has 0 amide bonds. The van der Waals surface area contributed by atoms with Crippen LogP contribution in [0.3, 0.4) is 0 Å². The molecule has 0 radical (unpaired) electrons. The van der Waals surface area contributed by atoms with Gasteiger partial charge in [-0.1, -0.05) is 17.7 Å². The third kappa shape index (κ3) is 6.36. The summed E-state index contributed by atoms with van der Waals surface area (Å²) in [5, 5.41) is 7.64. The summed E-state index contributed by atoms with van der Waals surface area (Å²) in [4.78, 5) is 4.36. The predicted octanol–water partition coefficient (Wildman–Crippen LogP) is 2.07. The van der Waals surface area contributed by atoms with Crippen LogP contribution in [0.2, 0.25) is 5.02 Å². The molecule has 25 heavy (non-hydrogen) atoms. The number of nitrogens with zero attached hydrogens (tertiary/aromatic N) is 1. The highest BCUT2D eigenvalue weighted by molar-refractivity contribution is 7.99. The molecule has 2 unspecified atom stereocenters. The van der Waals surface area contributed by atoms with Gasteiger partial charge in [-0.3, -0.25) is 4.99 Å². The molecule has 2 rings (SSSR count). The molecule has 0 saturated heterocycles. The maximum atomic E-state index is 12.2. The fourth-order valence-corrected chi connectivity index (χ4v) is 4.89. The van der Waals surface area contributed by atoms with Crippen LogP contribution >= 0.6 is 23.4 Å². The summed E-state index contributed by atoms with van der Waals surface area (Å²) in [6, 6.07) is 6.63. The minimum Gasteiger partial charge on any atom is -0.355 e. The van der Waals surface area contributed by atoms with E-state index in [0.29, 0.717) is 28.8 Å². The number of rotatable bonds is 7. The van der Waals surface area contributed by atoms with Crippen LogP contribution in [-0.2, 0) is 10.0 Å². The van der Waals surface area contributed by atoms with Crippen LogP contribution in [0, 0.1) is 0 Å². The number of thioether (sulfide) groups is 1. The van der Waals surface area contributed by atoms with Crippen molar-refractivity contribution in [3.63, 3.8) is 0 Å². The van der Waals surface area contributed by atoms with E-state index >= 15 is 0 Å². The molecule has 9 heteroatoms. The highest BCUT2D eigenvalue weighted by Gasteiger charge is 2.24. The first-order chi connectivity index (χ1) is 11.9. The summed E-state index contributed by atoms with van der Waals surface area (Å²) in [7, 11) is -1.84. The lowest BCUT2D eigenvalue weighted by molar-refractivity contribution is 0.578. The van der Waals surface area contributed by atoms with Crippen molar-refractivity contribution in [3.8, 4) is 0 Å². The maximum absolute atomic E-state index is 12.2. The number of guanidine groups is 1. The first-order valence-electron chi connectivity index (χ1n) is 8.20. The predicted molar refractivity (Wildman–Crippen MR) is 106 cm³/mol. The SMILES string of the molecule is CN=C(NCCNS(=O)(=O)c1cccc(Cl)c1)NC1CCC(SC)C1. The van der Waals surface area contributed by atoms with Gasteiger partial charge in [-0.2, -0.15) is 11.8 Å². The molecule has 1 aromatic rings. The second kappa shape index (κ2) is 9.66. The average molecular weight is 405 g/mol. The van der Waals surface area contributed by atoms with Crippen molar-refractivity contribution in [1.82, 2.24) is 15.4 Å². The van der Waals surface area contributed by atoms with Crippen molar-refractivity contribution in [2.75, 3.05) is 26.4 Å². The second-order valence-electron chi connectivity index (χ2n) is 5.87. The Balaban J connectivity index is 1.76. The molecule has 1 aliphatic carbocycles. The van der Waals surface area contributed by atoms with Gasteiger partial charge in [-0.05, 0) is 43.7 Å². The summed E-state index contributed by atoms with van der Waals surface area (Å²) in [6.07, 6.45) is 5.62.